The standard InChI is InChI=1S/C23H25ClN6O3/c24-19-10-26-11-20(27-19)29(16-5-7-25-8-6-16)12-14-1-2-17-15(9-14)13-30(23(17)33)18-3-4-21(31)28-22(18)32/h1-2,9-11,16,18,25H,3-8,12-13H2,(H,28,31,32). The van der Waals surface area contributed by atoms with Gasteiger partial charge in [-0.15, -0.1) is 0 Å². The highest BCUT2D eigenvalue weighted by molar-refractivity contribution is 6.29. The number of anilines is 1. The van der Waals surface area contributed by atoms with Crippen LogP contribution in [0.2, 0.25) is 5.15 Å². The number of benzene rings is 1. The van der Waals surface area contributed by atoms with Crippen LogP contribution in [-0.2, 0) is 22.7 Å². The number of aromatic nitrogens is 2. The van der Waals surface area contributed by atoms with Crippen molar-refractivity contribution >= 4 is 35.1 Å². The Bertz CT molecular complexity index is 1100. The summed E-state index contributed by atoms with van der Waals surface area (Å²) in [6.07, 6.45) is 5.83. The number of nitrogens with one attached hydrogen (secondary N) is 2. The van der Waals surface area contributed by atoms with E-state index in [1.807, 2.05) is 18.2 Å². The van der Waals surface area contributed by atoms with Gasteiger partial charge in [0.1, 0.15) is 17.0 Å². The summed E-state index contributed by atoms with van der Waals surface area (Å²) in [4.78, 5) is 49.3. The van der Waals surface area contributed by atoms with E-state index in [1.165, 1.54) is 6.20 Å². The molecular weight excluding hydrogens is 444 g/mol. The largest absolute Gasteiger partial charge is 0.348 e. The van der Waals surface area contributed by atoms with Crippen LogP contribution in [0.3, 0.4) is 0 Å². The number of hydrogen-bond donors (Lipinski definition) is 2. The first-order valence-electron chi connectivity index (χ1n) is 11.2. The normalized spacial score (nSPS) is 21.2. The molecule has 1 aromatic carbocycles. The van der Waals surface area contributed by atoms with Crippen molar-refractivity contribution in [3.05, 3.63) is 52.4 Å². The molecule has 0 radical (unpaired) electrons. The lowest BCUT2D eigenvalue weighted by Crippen LogP contribution is -2.52. The lowest BCUT2D eigenvalue weighted by Gasteiger charge is -2.35. The van der Waals surface area contributed by atoms with Crippen molar-refractivity contribution in [2.75, 3.05) is 18.0 Å². The Morgan fingerprint density at radius 3 is 2.70 bits per heavy atom. The highest BCUT2D eigenvalue weighted by Gasteiger charge is 2.39. The number of carbonyl (C=O) groups excluding carboxylic acids is 3. The smallest absolute Gasteiger partial charge is 0.255 e. The topological polar surface area (TPSA) is 108 Å². The van der Waals surface area contributed by atoms with E-state index in [2.05, 4.69) is 25.5 Å². The van der Waals surface area contributed by atoms with Crippen molar-refractivity contribution in [3.63, 3.8) is 0 Å². The van der Waals surface area contributed by atoms with Crippen molar-refractivity contribution < 1.29 is 14.4 Å². The van der Waals surface area contributed by atoms with Crippen LogP contribution < -0.4 is 15.5 Å². The van der Waals surface area contributed by atoms with Crippen molar-refractivity contribution in [2.45, 2.75) is 50.9 Å². The van der Waals surface area contributed by atoms with E-state index >= 15 is 0 Å². The highest BCUT2D eigenvalue weighted by atomic mass is 35.5. The second-order valence-corrected chi connectivity index (χ2v) is 9.09. The fourth-order valence-electron chi connectivity index (χ4n) is 4.91. The van der Waals surface area contributed by atoms with E-state index in [-0.39, 0.29) is 18.2 Å². The Labute approximate surface area is 196 Å². The molecule has 2 aromatic rings. The van der Waals surface area contributed by atoms with Crippen molar-refractivity contribution in [3.8, 4) is 0 Å². The Morgan fingerprint density at radius 1 is 1.12 bits per heavy atom. The van der Waals surface area contributed by atoms with E-state index < -0.39 is 11.9 Å². The van der Waals surface area contributed by atoms with E-state index in [0.29, 0.717) is 36.3 Å². The van der Waals surface area contributed by atoms with E-state index in [4.69, 9.17) is 11.6 Å². The summed E-state index contributed by atoms with van der Waals surface area (Å²) in [5.41, 5.74) is 2.55. The van der Waals surface area contributed by atoms with Gasteiger partial charge in [-0.1, -0.05) is 23.7 Å². The number of fused-ring (bicyclic) bond motifs is 1. The van der Waals surface area contributed by atoms with Gasteiger partial charge in [-0.3, -0.25) is 24.7 Å². The van der Waals surface area contributed by atoms with Crippen LogP contribution in [0.15, 0.2) is 30.6 Å². The molecule has 2 saturated heterocycles. The maximum atomic E-state index is 13.0. The Kier molecular flexibility index (Phi) is 5.99. The van der Waals surface area contributed by atoms with Gasteiger partial charge >= 0.3 is 0 Å². The third-order valence-corrected chi connectivity index (χ3v) is 6.76. The molecule has 4 heterocycles. The molecule has 33 heavy (non-hydrogen) atoms. The molecule has 3 aliphatic rings. The molecule has 5 rings (SSSR count). The van der Waals surface area contributed by atoms with Gasteiger partial charge in [0, 0.05) is 31.1 Å². The Morgan fingerprint density at radius 2 is 1.94 bits per heavy atom. The van der Waals surface area contributed by atoms with Gasteiger partial charge in [-0.25, -0.2) is 4.98 Å². The van der Waals surface area contributed by atoms with Crippen LogP contribution in [0, 0.1) is 0 Å². The highest BCUT2D eigenvalue weighted by Crippen LogP contribution is 2.30. The Balaban J connectivity index is 1.38. The molecule has 0 aliphatic carbocycles. The van der Waals surface area contributed by atoms with Gasteiger partial charge in [-0.05, 0) is 49.5 Å². The number of imide groups is 1. The van der Waals surface area contributed by atoms with Crippen molar-refractivity contribution in [1.29, 1.82) is 0 Å². The minimum absolute atomic E-state index is 0.165. The number of nitrogens with zero attached hydrogens (tertiary/aromatic N) is 4. The maximum absolute atomic E-state index is 13.0. The van der Waals surface area contributed by atoms with Crippen LogP contribution in [0.1, 0.15) is 47.2 Å². The second-order valence-electron chi connectivity index (χ2n) is 8.70. The summed E-state index contributed by atoms with van der Waals surface area (Å²) >= 11 is 6.12. The van der Waals surface area contributed by atoms with Gasteiger partial charge < -0.3 is 15.1 Å². The Hall–Kier alpha value is -3.04. The van der Waals surface area contributed by atoms with Gasteiger partial charge in [0.15, 0.2) is 0 Å². The number of hydrogen-bond acceptors (Lipinski definition) is 7. The monoisotopic (exact) mass is 468 g/mol. The molecular formula is C23H25ClN6O3. The fourth-order valence-corrected chi connectivity index (χ4v) is 5.05. The van der Waals surface area contributed by atoms with Crippen LogP contribution in [0.25, 0.3) is 0 Å². The first-order chi connectivity index (χ1) is 16.0. The molecule has 3 amide bonds. The predicted octanol–water partition coefficient (Wildman–Crippen LogP) is 1.65. The van der Waals surface area contributed by atoms with Crippen LogP contribution in [0.4, 0.5) is 5.82 Å². The summed E-state index contributed by atoms with van der Waals surface area (Å²) < 4.78 is 0. The number of piperidine rings is 2. The molecule has 10 heteroatoms. The zero-order valence-corrected chi connectivity index (χ0v) is 18.8. The van der Waals surface area contributed by atoms with E-state index in [1.54, 1.807) is 11.1 Å². The zero-order valence-electron chi connectivity index (χ0n) is 18.1. The molecule has 3 aliphatic heterocycles. The maximum Gasteiger partial charge on any atom is 0.255 e. The average Bonchev–Trinajstić information content (AvgIpc) is 3.13. The summed E-state index contributed by atoms with van der Waals surface area (Å²) in [7, 11) is 0. The molecule has 0 bridgehead atoms. The number of amides is 3. The van der Waals surface area contributed by atoms with Crippen molar-refractivity contribution in [2.24, 2.45) is 0 Å². The molecule has 1 aromatic heterocycles. The zero-order chi connectivity index (χ0) is 22.9. The number of rotatable bonds is 5. The number of halogens is 1. The predicted molar refractivity (Wildman–Crippen MR) is 122 cm³/mol. The van der Waals surface area contributed by atoms with Crippen molar-refractivity contribution in [1.82, 2.24) is 25.5 Å². The van der Waals surface area contributed by atoms with E-state index in [0.717, 1.165) is 42.9 Å². The fraction of sp³-hybridized carbons (Fsp3) is 0.435. The number of carbonyl (C=O) groups is 3. The first kappa shape index (κ1) is 21.8. The quantitative estimate of drug-likeness (QED) is 0.642. The van der Waals surface area contributed by atoms with Gasteiger partial charge in [0.2, 0.25) is 11.8 Å². The third kappa shape index (κ3) is 4.43. The molecule has 0 spiro atoms. The van der Waals surface area contributed by atoms with Crippen LogP contribution in [-0.4, -0.2) is 57.8 Å². The van der Waals surface area contributed by atoms with E-state index in [9.17, 15) is 14.4 Å². The lowest BCUT2D eigenvalue weighted by molar-refractivity contribution is -0.136. The molecule has 9 nitrogen and oxygen atoms in total. The molecule has 2 N–H and O–H groups in total. The van der Waals surface area contributed by atoms with Gasteiger partial charge in [0.05, 0.1) is 12.4 Å². The summed E-state index contributed by atoms with van der Waals surface area (Å²) in [6, 6.07) is 5.51. The summed E-state index contributed by atoms with van der Waals surface area (Å²) in [6.45, 7) is 2.85. The molecule has 172 valence electrons. The molecule has 1 unspecified atom stereocenters. The van der Waals surface area contributed by atoms with Crippen LogP contribution >= 0.6 is 11.6 Å². The lowest BCUT2D eigenvalue weighted by atomic mass is 10.0. The molecule has 0 saturated carbocycles. The second kappa shape index (κ2) is 9.07. The summed E-state index contributed by atoms with van der Waals surface area (Å²) in [5.74, 6) is -0.118. The third-order valence-electron chi connectivity index (χ3n) is 6.58. The van der Waals surface area contributed by atoms with Gasteiger partial charge in [-0.2, -0.15) is 0 Å². The minimum atomic E-state index is -0.612. The minimum Gasteiger partial charge on any atom is -0.348 e. The average molecular weight is 469 g/mol. The first-order valence-corrected chi connectivity index (χ1v) is 11.6. The van der Waals surface area contributed by atoms with Gasteiger partial charge in [0.25, 0.3) is 5.91 Å². The molecule has 1 atom stereocenters. The molecule has 2 fully saturated rings. The SMILES string of the molecule is O=C1CCC(N2Cc3cc(CN(c4cncc(Cl)n4)C4CCNCC4)ccc3C2=O)C(=O)N1. The summed E-state index contributed by atoms with van der Waals surface area (Å²) in [5, 5.41) is 6.09. The van der Waals surface area contributed by atoms with Crippen LogP contribution in [0.5, 0.6) is 0 Å².